The third-order valence-electron chi connectivity index (χ3n) is 5.91. The monoisotopic (exact) mass is 443 g/mol. The van der Waals surface area contributed by atoms with E-state index in [-0.39, 0.29) is 6.04 Å². The van der Waals surface area contributed by atoms with Gasteiger partial charge in [-0.2, -0.15) is 0 Å². The summed E-state index contributed by atoms with van der Waals surface area (Å²) in [5, 5.41) is 2.70. The number of allylic oxidation sites excluding steroid dienone is 1. The van der Waals surface area contributed by atoms with Gasteiger partial charge in [0.1, 0.15) is 6.29 Å². The van der Waals surface area contributed by atoms with Crippen molar-refractivity contribution in [2.75, 3.05) is 30.4 Å². The number of nitrogens with one attached hydrogen (secondary N) is 1. The topological polar surface area (TPSA) is 69.7 Å². The molecule has 0 radical (unpaired) electrons. The van der Waals surface area contributed by atoms with Crippen molar-refractivity contribution in [3.05, 3.63) is 36.4 Å². The fraction of sp³-hybridized carbons (Fsp3) is 0.577. The van der Waals surface area contributed by atoms with E-state index in [0.29, 0.717) is 6.42 Å². The van der Waals surface area contributed by atoms with Crippen LogP contribution in [0.2, 0.25) is 0 Å². The summed E-state index contributed by atoms with van der Waals surface area (Å²) in [7, 11) is 3.69. The highest BCUT2D eigenvalue weighted by atomic mass is 16.1. The summed E-state index contributed by atoms with van der Waals surface area (Å²) in [5.74, 6) is 0. The van der Waals surface area contributed by atoms with Gasteiger partial charge >= 0.3 is 0 Å². The molecule has 1 aromatic rings. The van der Waals surface area contributed by atoms with Crippen molar-refractivity contribution in [1.29, 1.82) is 0 Å². The molecule has 0 spiro atoms. The van der Waals surface area contributed by atoms with E-state index in [1.54, 1.807) is 11.9 Å². The Balaban J connectivity index is 2.62. The lowest BCUT2D eigenvalue weighted by molar-refractivity contribution is -0.110. The number of benzene rings is 1. The van der Waals surface area contributed by atoms with Gasteiger partial charge in [0.05, 0.1) is 17.4 Å². The number of para-hydroxylation sites is 1. The summed E-state index contributed by atoms with van der Waals surface area (Å²) >= 11 is 0. The molecule has 0 fully saturated rings. The SMILES string of the molecule is C=CCCC(C=O)N(C)c1cccc(CCCCCCCCCCNC=O)c1N(C)C=O. The molecule has 1 unspecified atom stereocenters. The van der Waals surface area contributed by atoms with Crippen LogP contribution in [0.5, 0.6) is 0 Å². The second kappa shape index (κ2) is 17.0. The maximum Gasteiger partial charge on any atom is 0.213 e. The molecule has 1 atom stereocenters. The third-order valence-corrected chi connectivity index (χ3v) is 5.91. The van der Waals surface area contributed by atoms with Crippen LogP contribution in [-0.2, 0) is 20.8 Å². The molecular weight excluding hydrogens is 402 g/mol. The molecule has 0 aliphatic heterocycles. The van der Waals surface area contributed by atoms with Gasteiger partial charge in [0, 0.05) is 20.6 Å². The van der Waals surface area contributed by atoms with Gasteiger partial charge in [-0.25, -0.2) is 0 Å². The van der Waals surface area contributed by atoms with Gasteiger partial charge in [-0.3, -0.25) is 9.59 Å². The van der Waals surface area contributed by atoms with E-state index >= 15 is 0 Å². The van der Waals surface area contributed by atoms with Crippen molar-refractivity contribution in [1.82, 2.24) is 5.32 Å². The predicted octanol–water partition coefficient (Wildman–Crippen LogP) is 4.66. The van der Waals surface area contributed by atoms with E-state index in [1.807, 2.05) is 30.2 Å². The number of hydrogen-bond acceptors (Lipinski definition) is 4. The Morgan fingerprint density at radius 1 is 0.969 bits per heavy atom. The lowest BCUT2D eigenvalue weighted by Crippen LogP contribution is -2.34. The van der Waals surface area contributed by atoms with Gasteiger partial charge < -0.3 is 19.9 Å². The molecule has 1 N–H and O–H groups in total. The molecule has 0 heterocycles. The Morgan fingerprint density at radius 3 is 2.22 bits per heavy atom. The van der Waals surface area contributed by atoms with Crippen LogP contribution in [0.3, 0.4) is 0 Å². The van der Waals surface area contributed by atoms with E-state index in [2.05, 4.69) is 18.0 Å². The Bertz CT molecular complexity index is 693. The first-order valence-electron chi connectivity index (χ1n) is 11.9. The molecule has 1 rings (SSSR count). The molecule has 6 heteroatoms. The molecule has 2 amide bonds. The van der Waals surface area contributed by atoms with Crippen molar-refractivity contribution >= 4 is 30.5 Å². The molecule has 0 aliphatic rings. The van der Waals surface area contributed by atoms with Crippen molar-refractivity contribution in [3.8, 4) is 0 Å². The zero-order valence-electron chi connectivity index (χ0n) is 19.9. The molecule has 6 nitrogen and oxygen atoms in total. The summed E-state index contributed by atoms with van der Waals surface area (Å²) in [5.41, 5.74) is 2.93. The van der Waals surface area contributed by atoms with Crippen LogP contribution in [-0.4, -0.2) is 45.8 Å². The van der Waals surface area contributed by atoms with E-state index < -0.39 is 0 Å². The fourth-order valence-electron chi connectivity index (χ4n) is 4.01. The zero-order valence-corrected chi connectivity index (χ0v) is 19.9. The average Bonchev–Trinajstić information content (AvgIpc) is 2.82. The maximum absolute atomic E-state index is 11.7. The average molecular weight is 444 g/mol. The Morgan fingerprint density at radius 2 is 1.62 bits per heavy atom. The van der Waals surface area contributed by atoms with Crippen LogP contribution in [0.4, 0.5) is 11.4 Å². The quantitative estimate of drug-likeness (QED) is 0.181. The number of aryl methyl sites for hydroxylation is 1. The van der Waals surface area contributed by atoms with Gasteiger partial charge in [0.15, 0.2) is 0 Å². The van der Waals surface area contributed by atoms with E-state index in [9.17, 15) is 14.4 Å². The minimum absolute atomic E-state index is 0.253. The Kier molecular flexibility index (Phi) is 14.5. The number of anilines is 2. The molecule has 0 bridgehead atoms. The first-order valence-corrected chi connectivity index (χ1v) is 11.9. The number of carbonyl (C=O) groups excluding carboxylic acids is 3. The Labute approximate surface area is 194 Å². The number of rotatable bonds is 20. The standard InChI is InChI=1S/C26H41N3O3/c1-4-5-17-24(20-30)29(3)25-18-14-16-23(26(25)28(2)22-32)15-12-10-8-6-7-9-11-13-19-27-21-31/h4,14,16,18,20-22,24H,1,5-13,15,17,19H2,2-3H3,(H,27,31). The van der Waals surface area contributed by atoms with Crippen molar-refractivity contribution in [2.24, 2.45) is 0 Å². The summed E-state index contributed by atoms with van der Waals surface area (Å²) in [4.78, 5) is 37.1. The van der Waals surface area contributed by atoms with Crippen LogP contribution in [0.15, 0.2) is 30.9 Å². The van der Waals surface area contributed by atoms with Crippen molar-refractivity contribution < 1.29 is 14.4 Å². The van der Waals surface area contributed by atoms with Gasteiger partial charge in [-0.05, 0) is 43.7 Å². The van der Waals surface area contributed by atoms with Crippen molar-refractivity contribution in [3.63, 3.8) is 0 Å². The predicted molar refractivity (Wildman–Crippen MR) is 133 cm³/mol. The van der Waals surface area contributed by atoms with Gasteiger partial charge in [-0.1, -0.05) is 56.7 Å². The molecule has 32 heavy (non-hydrogen) atoms. The molecule has 1 aromatic carbocycles. The van der Waals surface area contributed by atoms with E-state index in [4.69, 9.17) is 0 Å². The van der Waals surface area contributed by atoms with Crippen molar-refractivity contribution in [2.45, 2.75) is 76.7 Å². The number of likely N-dealkylation sites (N-methyl/N-ethyl adjacent to an activating group) is 1. The first-order chi connectivity index (χ1) is 15.6. The minimum Gasteiger partial charge on any atom is -0.363 e. The third kappa shape index (κ3) is 9.67. The largest absolute Gasteiger partial charge is 0.363 e. The number of unbranched alkanes of at least 4 members (excludes halogenated alkanes) is 7. The molecule has 0 aromatic heterocycles. The Hall–Kier alpha value is -2.63. The van der Waals surface area contributed by atoms with Crippen LogP contribution in [0, 0.1) is 0 Å². The first kappa shape index (κ1) is 27.4. The number of hydrogen-bond donors (Lipinski definition) is 1. The normalized spacial score (nSPS) is 11.4. The lowest BCUT2D eigenvalue weighted by atomic mass is 10.0. The number of aldehydes is 1. The fourth-order valence-corrected chi connectivity index (χ4v) is 4.01. The molecule has 0 saturated carbocycles. The van der Waals surface area contributed by atoms with Crippen LogP contribution < -0.4 is 15.1 Å². The minimum atomic E-state index is -0.253. The molecular formula is C26H41N3O3. The van der Waals surface area contributed by atoms with Gasteiger partial charge in [0.2, 0.25) is 12.8 Å². The highest BCUT2D eigenvalue weighted by Gasteiger charge is 2.20. The highest BCUT2D eigenvalue weighted by molar-refractivity contribution is 5.87. The second-order valence-electron chi connectivity index (χ2n) is 8.33. The summed E-state index contributed by atoms with van der Waals surface area (Å²) in [6.45, 7) is 4.52. The molecule has 0 saturated heterocycles. The zero-order chi connectivity index (χ0) is 23.6. The van der Waals surface area contributed by atoms with Gasteiger partial charge in [-0.15, -0.1) is 6.58 Å². The number of nitrogens with zero attached hydrogens (tertiary/aromatic N) is 2. The number of amides is 2. The smallest absolute Gasteiger partial charge is 0.213 e. The van der Waals surface area contributed by atoms with E-state index in [0.717, 1.165) is 81.1 Å². The van der Waals surface area contributed by atoms with Crippen LogP contribution >= 0.6 is 0 Å². The highest BCUT2D eigenvalue weighted by Crippen LogP contribution is 2.34. The van der Waals surface area contributed by atoms with Crippen LogP contribution in [0.1, 0.15) is 69.8 Å². The van der Waals surface area contributed by atoms with E-state index in [1.165, 1.54) is 25.7 Å². The van der Waals surface area contributed by atoms with Gasteiger partial charge in [0.25, 0.3) is 0 Å². The molecule has 0 aliphatic carbocycles. The molecule has 178 valence electrons. The summed E-state index contributed by atoms with van der Waals surface area (Å²) < 4.78 is 0. The van der Waals surface area contributed by atoms with Crippen LogP contribution in [0.25, 0.3) is 0 Å². The summed E-state index contributed by atoms with van der Waals surface area (Å²) in [6.07, 6.45) is 16.1. The number of carbonyl (C=O) groups is 3. The second-order valence-corrected chi connectivity index (χ2v) is 8.33. The maximum atomic E-state index is 11.7. The summed E-state index contributed by atoms with van der Waals surface area (Å²) in [6, 6.07) is 5.82. The lowest BCUT2D eigenvalue weighted by Gasteiger charge is -2.31.